The molecule has 0 aromatic rings. The Morgan fingerprint density at radius 1 is 1.50 bits per heavy atom. The van der Waals surface area contributed by atoms with Gasteiger partial charge in [-0.2, -0.15) is 0 Å². The van der Waals surface area contributed by atoms with E-state index in [1.54, 1.807) is 0 Å². The van der Waals surface area contributed by atoms with Crippen molar-refractivity contribution in [1.29, 1.82) is 0 Å². The van der Waals surface area contributed by atoms with Crippen LogP contribution in [0.2, 0.25) is 0 Å². The predicted octanol–water partition coefficient (Wildman–Crippen LogP) is 2.32. The fourth-order valence-corrected chi connectivity index (χ4v) is 2.92. The van der Waals surface area contributed by atoms with E-state index in [2.05, 4.69) is 0 Å². The molecule has 1 saturated carbocycles. The molecular formula is C13H25F2NO2. The van der Waals surface area contributed by atoms with Gasteiger partial charge in [-0.3, -0.25) is 0 Å². The van der Waals surface area contributed by atoms with E-state index in [4.69, 9.17) is 10.5 Å². The van der Waals surface area contributed by atoms with E-state index in [0.29, 0.717) is 32.2 Å². The number of rotatable bonds is 7. The molecule has 3 nitrogen and oxygen atoms in total. The Labute approximate surface area is 108 Å². The van der Waals surface area contributed by atoms with Crippen molar-refractivity contribution >= 4 is 0 Å². The third kappa shape index (κ3) is 5.16. The number of alkyl halides is 2. The van der Waals surface area contributed by atoms with Crippen molar-refractivity contribution in [1.82, 2.24) is 0 Å². The van der Waals surface area contributed by atoms with Crippen molar-refractivity contribution in [2.75, 3.05) is 20.3 Å². The first kappa shape index (κ1) is 15.8. The summed E-state index contributed by atoms with van der Waals surface area (Å²) in [5.74, 6) is -2.68. The molecule has 0 bridgehead atoms. The lowest BCUT2D eigenvalue weighted by atomic mass is 9.78. The first-order chi connectivity index (χ1) is 8.41. The van der Waals surface area contributed by atoms with Crippen LogP contribution in [0.1, 0.15) is 44.9 Å². The average molecular weight is 265 g/mol. The van der Waals surface area contributed by atoms with Crippen LogP contribution in [0.4, 0.5) is 8.78 Å². The second-order valence-electron chi connectivity index (χ2n) is 5.57. The Morgan fingerprint density at radius 3 is 2.78 bits per heavy atom. The summed E-state index contributed by atoms with van der Waals surface area (Å²) in [6.07, 6.45) is 2.76. The van der Waals surface area contributed by atoms with E-state index in [0.717, 1.165) is 6.42 Å². The highest BCUT2D eigenvalue weighted by molar-refractivity contribution is 4.86. The van der Waals surface area contributed by atoms with Gasteiger partial charge in [0.1, 0.15) is 0 Å². The molecule has 5 heteroatoms. The lowest BCUT2D eigenvalue weighted by molar-refractivity contribution is -0.0895. The quantitative estimate of drug-likeness (QED) is 0.742. The smallest absolute Gasteiger partial charge is 0.248 e. The van der Waals surface area contributed by atoms with Crippen LogP contribution in [0.15, 0.2) is 0 Å². The molecule has 0 saturated heterocycles. The van der Waals surface area contributed by atoms with Gasteiger partial charge in [-0.05, 0) is 44.6 Å². The maximum atomic E-state index is 13.3. The third-order valence-electron chi connectivity index (χ3n) is 3.67. The van der Waals surface area contributed by atoms with Gasteiger partial charge in [0.15, 0.2) is 0 Å². The molecule has 0 aromatic heterocycles. The van der Waals surface area contributed by atoms with E-state index in [-0.39, 0.29) is 25.4 Å². The highest BCUT2D eigenvalue weighted by atomic mass is 19.3. The zero-order valence-corrected chi connectivity index (χ0v) is 11.1. The van der Waals surface area contributed by atoms with Crippen LogP contribution >= 0.6 is 0 Å². The maximum Gasteiger partial charge on any atom is 0.248 e. The van der Waals surface area contributed by atoms with E-state index >= 15 is 0 Å². The minimum Gasteiger partial charge on any atom is -0.387 e. The van der Waals surface area contributed by atoms with Crippen molar-refractivity contribution in [3.8, 4) is 0 Å². The van der Waals surface area contributed by atoms with Gasteiger partial charge in [0.25, 0.3) is 0 Å². The van der Waals surface area contributed by atoms with Crippen molar-refractivity contribution in [2.24, 2.45) is 11.7 Å². The summed E-state index contributed by atoms with van der Waals surface area (Å²) in [7, 11) is 1.52. The van der Waals surface area contributed by atoms with Gasteiger partial charge in [-0.1, -0.05) is 0 Å². The van der Waals surface area contributed by atoms with E-state index in [1.807, 2.05) is 0 Å². The summed E-state index contributed by atoms with van der Waals surface area (Å²) in [5, 5.41) is 10.4. The zero-order valence-electron chi connectivity index (χ0n) is 11.1. The van der Waals surface area contributed by atoms with Gasteiger partial charge < -0.3 is 15.6 Å². The van der Waals surface area contributed by atoms with Gasteiger partial charge in [-0.15, -0.1) is 0 Å². The number of hydrogen-bond acceptors (Lipinski definition) is 3. The van der Waals surface area contributed by atoms with Crippen molar-refractivity contribution in [3.05, 3.63) is 0 Å². The third-order valence-corrected chi connectivity index (χ3v) is 3.67. The molecule has 3 N–H and O–H groups in total. The number of halogens is 2. The summed E-state index contributed by atoms with van der Waals surface area (Å²) in [6, 6.07) is 0. The molecule has 108 valence electrons. The van der Waals surface area contributed by atoms with E-state index < -0.39 is 11.5 Å². The highest BCUT2D eigenvalue weighted by Gasteiger charge is 2.39. The van der Waals surface area contributed by atoms with Gasteiger partial charge >= 0.3 is 0 Å². The van der Waals surface area contributed by atoms with Crippen molar-refractivity contribution < 1.29 is 18.6 Å². The van der Waals surface area contributed by atoms with Gasteiger partial charge in [-0.25, -0.2) is 8.78 Å². The molecule has 0 heterocycles. The van der Waals surface area contributed by atoms with E-state index in [9.17, 15) is 13.9 Å². The molecule has 1 aliphatic rings. The number of aliphatic hydroxyl groups is 1. The van der Waals surface area contributed by atoms with Crippen LogP contribution in [0.5, 0.6) is 0 Å². The Balaban J connectivity index is 2.54. The molecule has 0 aliphatic heterocycles. The highest BCUT2D eigenvalue weighted by Crippen LogP contribution is 2.40. The van der Waals surface area contributed by atoms with E-state index in [1.165, 1.54) is 7.11 Å². The molecule has 1 rings (SSSR count). The van der Waals surface area contributed by atoms with Crippen LogP contribution in [0.3, 0.4) is 0 Å². The summed E-state index contributed by atoms with van der Waals surface area (Å²) in [4.78, 5) is 0. The standard InChI is InChI=1S/C13H25F2NO2/c1-18-10-12(17,5-3-7-16)8-11-4-2-6-13(14,15)9-11/h11,17H,2-10,16H2,1H3. The fraction of sp³-hybridized carbons (Fsp3) is 1.00. The first-order valence-electron chi connectivity index (χ1n) is 6.70. The molecular weight excluding hydrogens is 240 g/mol. The molecule has 0 spiro atoms. The van der Waals surface area contributed by atoms with Crippen LogP contribution in [-0.4, -0.2) is 36.9 Å². The second kappa shape index (κ2) is 6.78. The van der Waals surface area contributed by atoms with Crippen LogP contribution in [0.25, 0.3) is 0 Å². The summed E-state index contributed by atoms with van der Waals surface area (Å²) in [5.41, 5.74) is 4.43. The molecule has 1 aliphatic carbocycles. The Morgan fingerprint density at radius 2 is 2.22 bits per heavy atom. The summed E-state index contributed by atoms with van der Waals surface area (Å²) < 4.78 is 31.7. The Kier molecular flexibility index (Phi) is 5.95. The van der Waals surface area contributed by atoms with Crippen molar-refractivity contribution in [3.63, 3.8) is 0 Å². The van der Waals surface area contributed by atoms with Crippen molar-refractivity contribution in [2.45, 2.75) is 56.5 Å². The second-order valence-corrected chi connectivity index (χ2v) is 5.57. The summed E-state index contributed by atoms with van der Waals surface area (Å²) >= 11 is 0. The van der Waals surface area contributed by atoms with Crippen LogP contribution in [-0.2, 0) is 4.74 Å². The average Bonchev–Trinajstić information content (AvgIpc) is 2.25. The van der Waals surface area contributed by atoms with Crippen LogP contribution < -0.4 is 5.73 Å². The fourth-order valence-electron chi connectivity index (χ4n) is 2.92. The summed E-state index contributed by atoms with van der Waals surface area (Å²) in [6.45, 7) is 0.682. The first-order valence-corrected chi connectivity index (χ1v) is 6.70. The zero-order chi connectivity index (χ0) is 13.6. The number of ether oxygens (including phenoxy) is 1. The Bertz CT molecular complexity index is 251. The molecule has 0 aromatic carbocycles. The van der Waals surface area contributed by atoms with Gasteiger partial charge in [0, 0.05) is 20.0 Å². The molecule has 18 heavy (non-hydrogen) atoms. The molecule has 2 unspecified atom stereocenters. The molecule has 2 atom stereocenters. The van der Waals surface area contributed by atoms with Gasteiger partial charge in [0.2, 0.25) is 5.92 Å². The molecule has 0 radical (unpaired) electrons. The number of nitrogens with two attached hydrogens (primary N) is 1. The lowest BCUT2D eigenvalue weighted by Gasteiger charge is -2.35. The maximum absolute atomic E-state index is 13.3. The largest absolute Gasteiger partial charge is 0.387 e. The Hall–Kier alpha value is -0.260. The number of hydrogen-bond donors (Lipinski definition) is 2. The molecule has 1 fully saturated rings. The normalized spacial score (nSPS) is 26.8. The monoisotopic (exact) mass is 265 g/mol. The lowest BCUT2D eigenvalue weighted by Crippen LogP contribution is -2.39. The minimum absolute atomic E-state index is 0.0188. The SMILES string of the molecule is COCC(O)(CCCN)CC1CCCC(F)(F)C1. The van der Waals surface area contributed by atoms with Crippen LogP contribution in [0, 0.1) is 5.92 Å². The molecule has 0 amide bonds. The topological polar surface area (TPSA) is 55.5 Å². The predicted molar refractivity (Wildman–Crippen MR) is 66.6 cm³/mol. The van der Waals surface area contributed by atoms with Gasteiger partial charge in [0.05, 0.1) is 12.2 Å². The number of methoxy groups -OCH3 is 1. The minimum atomic E-state index is -2.56.